The van der Waals surface area contributed by atoms with Crippen molar-refractivity contribution in [2.24, 2.45) is 0 Å². The molecule has 0 unspecified atom stereocenters. The second-order valence-electron chi connectivity index (χ2n) is 11.0. The molecule has 6 aromatic carbocycles. The first-order chi connectivity index (χ1) is 21.8. The minimum atomic E-state index is 0.596. The van der Waals surface area contributed by atoms with Crippen molar-refractivity contribution >= 4 is 43.5 Å². The van der Waals surface area contributed by atoms with Gasteiger partial charge in [0.15, 0.2) is 11.6 Å². The largest absolute Gasteiger partial charge is 0.317 e. The van der Waals surface area contributed by atoms with Crippen LogP contribution in [0.5, 0.6) is 0 Å². The molecule has 44 heavy (non-hydrogen) atoms. The van der Waals surface area contributed by atoms with Crippen molar-refractivity contribution in [2.45, 2.75) is 0 Å². The van der Waals surface area contributed by atoms with Crippen molar-refractivity contribution in [1.29, 1.82) is 0 Å². The predicted octanol–water partition coefficient (Wildman–Crippen LogP) is 9.40. The van der Waals surface area contributed by atoms with E-state index in [1.807, 2.05) is 66.7 Å². The molecule has 206 valence electrons. The second-order valence-corrected chi connectivity index (χ2v) is 11.0. The van der Waals surface area contributed by atoms with Gasteiger partial charge in [-0.3, -0.25) is 4.57 Å². The number of benzene rings is 6. The third-order valence-corrected chi connectivity index (χ3v) is 8.38. The maximum absolute atomic E-state index is 5.12. The third-order valence-electron chi connectivity index (χ3n) is 8.38. The Labute approximate surface area is 253 Å². The zero-order valence-corrected chi connectivity index (χ0v) is 23.7. The van der Waals surface area contributed by atoms with E-state index in [0.29, 0.717) is 17.6 Å². The standard InChI is InChI=1S/C39H25N5/c1-4-12-26(13-5-1)37-40-38(27-14-6-2-7-15-27)42-39(41-37)44-34-19-11-10-18-31(34)32-21-20-28-25-35-29(24-33(28)36(32)44)22-23-43(35)30-16-8-3-9-17-30/h1-25H. The monoisotopic (exact) mass is 563 g/mol. The second kappa shape index (κ2) is 9.75. The van der Waals surface area contributed by atoms with Gasteiger partial charge in [0, 0.05) is 44.6 Å². The number of rotatable bonds is 4. The average molecular weight is 564 g/mol. The molecule has 0 saturated heterocycles. The number of aromatic nitrogens is 5. The molecule has 0 aliphatic carbocycles. The Morgan fingerprint density at radius 2 is 1.07 bits per heavy atom. The van der Waals surface area contributed by atoms with E-state index < -0.39 is 0 Å². The van der Waals surface area contributed by atoms with Crippen molar-refractivity contribution in [2.75, 3.05) is 0 Å². The quantitative estimate of drug-likeness (QED) is 0.214. The summed E-state index contributed by atoms with van der Waals surface area (Å²) in [4.78, 5) is 15.2. The fourth-order valence-electron chi connectivity index (χ4n) is 6.33. The van der Waals surface area contributed by atoms with Crippen LogP contribution >= 0.6 is 0 Å². The highest BCUT2D eigenvalue weighted by Crippen LogP contribution is 2.38. The summed E-state index contributed by atoms with van der Waals surface area (Å²) < 4.78 is 4.46. The van der Waals surface area contributed by atoms with Crippen molar-refractivity contribution in [3.63, 3.8) is 0 Å². The summed E-state index contributed by atoms with van der Waals surface area (Å²) in [6.07, 6.45) is 2.15. The molecular formula is C39H25N5. The Morgan fingerprint density at radius 3 is 1.77 bits per heavy atom. The van der Waals surface area contributed by atoms with Crippen LogP contribution in [0, 0.1) is 0 Å². The Bertz CT molecular complexity index is 2420. The maximum Gasteiger partial charge on any atom is 0.238 e. The van der Waals surface area contributed by atoms with Gasteiger partial charge in [-0.15, -0.1) is 0 Å². The van der Waals surface area contributed by atoms with Gasteiger partial charge in [-0.05, 0) is 41.8 Å². The summed E-state index contributed by atoms with van der Waals surface area (Å²) in [6.45, 7) is 0. The van der Waals surface area contributed by atoms with E-state index in [4.69, 9.17) is 15.0 Å². The van der Waals surface area contributed by atoms with E-state index in [0.717, 1.165) is 49.4 Å². The lowest BCUT2D eigenvalue weighted by molar-refractivity contribution is 0.955. The molecule has 3 aromatic heterocycles. The number of fused-ring (bicyclic) bond motifs is 6. The van der Waals surface area contributed by atoms with E-state index in [2.05, 4.69) is 94.2 Å². The van der Waals surface area contributed by atoms with Gasteiger partial charge >= 0.3 is 0 Å². The highest BCUT2D eigenvalue weighted by Gasteiger charge is 2.20. The lowest BCUT2D eigenvalue weighted by Gasteiger charge is -2.12. The van der Waals surface area contributed by atoms with Crippen LogP contribution in [-0.4, -0.2) is 24.1 Å². The summed E-state index contributed by atoms with van der Waals surface area (Å²) >= 11 is 0. The highest BCUT2D eigenvalue weighted by atomic mass is 15.2. The first kappa shape index (κ1) is 24.5. The molecule has 0 aliphatic rings. The number of para-hydroxylation sites is 2. The molecule has 5 nitrogen and oxygen atoms in total. The summed E-state index contributed by atoms with van der Waals surface area (Å²) in [5.74, 6) is 1.88. The SMILES string of the molecule is c1ccc(-c2nc(-c3ccccc3)nc(-n3c4ccccc4c4ccc5cc6c(ccn6-c6ccccc6)cc5c43)n2)cc1. The number of nitrogens with zero attached hydrogens (tertiary/aromatic N) is 5. The fraction of sp³-hybridized carbons (Fsp3) is 0. The molecule has 0 aliphatic heterocycles. The first-order valence-electron chi connectivity index (χ1n) is 14.7. The Hall–Kier alpha value is -6.07. The van der Waals surface area contributed by atoms with Crippen LogP contribution in [-0.2, 0) is 0 Å². The lowest BCUT2D eigenvalue weighted by atomic mass is 10.0. The minimum Gasteiger partial charge on any atom is -0.317 e. The van der Waals surface area contributed by atoms with E-state index in [-0.39, 0.29) is 0 Å². The van der Waals surface area contributed by atoms with Gasteiger partial charge in [0.1, 0.15) is 0 Å². The molecule has 0 atom stereocenters. The normalized spacial score (nSPS) is 11.6. The van der Waals surface area contributed by atoms with Gasteiger partial charge in [0.2, 0.25) is 5.95 Å². The predicted molar refractivity (Wildman–Crippen MR) is 179 cm³/mol. The Balaban J connectivity index is 1.37. The molecule has 9 rings (SSSR count). The van der Waals surface area contributed by atoms with Gasteiger partial charge in [-0.2, -0.15) is 9.97 Å². The van der Waals surface area contributed by atoms with Gasteiger partial charge < -0.3 is 4.57 Å². The van der Waals surface area contributed by atoms with Crippen molar-refractivity contribution in [1.82, 2.24) is 24.1 Å². The van der Waals surface area contributed by atoms with E-state index in [1.165, 1.54) is 10.9 Å². The number of hydrogen-bond acceptors (Lipinski definition) is 3. The van der Waals surface area contributed by atoms with E-state index in [9.17, 15) is 0 Å². The number of hydrogen-bond donors (Lipinski definition) is 0. The molecule has 0 N–H and O–H groups in total. The lowest BCUT2D eigenvalue weighted by Crippen LogP contribution is -2.06. The fourth-order valence-corrected chi connectivity index (χ4v) is 6.33. The Morgan fingerprint density at radius 1 is 0.432 bits per heavy atom. The van der Waals surface area contributed by atoms with Crippen LogP contribution in [0.4, 0.5) is 0 Å². The van der Waals surface area contributed by atoms with Crippen molar-refractivity contribution in [3.8, 4) is 34.4 Å². The van der Waals surface area contributed by atoms with Crippen LogP contribution < -0.4 is 0 Å². The average Bonchev–Trinajstić information content (AvgIpc) is 3.67. The molecule has 0 radical (unpaired) electrons. The first-order valence-corrected chi connectivity index (χ1v) is 14.7. The molecule has 5 heteroatoms. The summed E-state index contributed by atoms with van der Waals surface area (Å²) in [6, 6.07) is 50.5. The molecule has 0 saturated carbocycles. The minimum absolute atomic E-state index is 0.596. The van der Waals surface area contributed by atoms with Crippen LogP contribution in [0.25, 0.3) is 77.9 Å². The van der Waals surface area contributed by atoms with Gasteiger partial charge in [-0.25, -0.2) is 4.98 Å². The molecule has 3 heterocycles. The van der Waals surface area contributed by atoms with Crippen LogP contribution in [0.15, 0.2) is 152 Å². The van der Waals surface area contributed by atoms with Gasteiger partial charge in [-0.1, -0.05) is 109 Å². The summed E-state index contributed by atoms with van der Waals surface area (Å²) in [7, 11) is 0. The van der Waals surface area contributed by atoms with Crippen LogP contribution in [0.1, 0.15) is 0 Å². The van der Waals surface area contributed by atoms with Crippen LogP contribution in [0.3, 0.4) is 0 Å². The van der Waals surface area contributed by atoms with Crippen molar-refractivity contribution < 1.29 is 0 Å². The van der Waals surface area contributed by atoms with Crippen LogP contribution in [0.2, 0.25) is 0 Å². The molecule has 0 fully saturated rings. The summed E-state index contributed by atoms with van der Waals surface area (Å²) in [5, 5.41) is 5.81. The zero-order chi connectivity index (χ0) is 29.0. The molecule has 0 amide bonds. The Kier molecular flexibility index (Phi) is 5.43. The highest BCUT2D eigenvalue weighted by molar-refractivity contribution is 6.20. The smallest absolute Gasteiger partial charge is 0.238 e. The molecule has 9 aromatic rings. The topological polar surface area (TPSA) is 48.5 Å². The maximum atomic E-state index is 5.12. The molecule has 0 bridgehead atoms. The van der Waals surface area contributed by atoms with Crippen molar-refractivity contribution in [3.05, 3.63) is 152 Å². The van der Waals surface area contributed by atoms with E-state index in [1.54, 1.807) is 0 Å². The molecule has 0 spiro atoms. The third kappa shape index (κ3) is 3.83. The zero-order valence-electron chi connectivity index (χ0n) is 23.7. The van der Waals surface area contributed by atoms with Gasteiger partial charge in [0.05, 0.1) is 16.6 Å². The molecular weight excluding hydrogens is 538 g/mol. The summed E-state index contributed by atoms with van der Waals surface area (Å²) in [5.41, 5.74) is 6.35. The van der Waals surface area contributed by atoms with Gasteiger partial charge in [0.25, 0.3) is 0 Å². The van der Waals surface area contributed by atoms with E-state index >= 15 is 0 Å².